The molecule has 1 aromatic heterocycles. The van der Waals surface area contributed by atoms with Crippen LogP contribution in [-0.4, -0.2) is 16.5 Å². The van der Waals surface area contributed by atoms with E-state index >= 15 is 0 Å². The van der Waals surface area contributed by atoms with Gasteiger partial charge in [-0.1, -0.05) is 30.3 Å². The van der Waals surface area contributed by atoms with Gasteiger partial charge in [0.25, 0.3) is 0 Å². The van der Waals surface area contributed by atoms with Crippen molar-refractivity contribution in [3.63, 3.8) is 0 Å². The molecule has 0 saturated heterocycles. The number of halogens is 1. The van der Waals surface area contributed by atoms with E-state index in [2.05, 4.69) is 60.9 Å². The van der Waals surface area contributed by atoms with Gasteiger partial charge in [0.15, 0.2) is 0 Å². The summed E-state index contributed by atoms with van der Waals surface area (Å²) >= 11 is 3.40. The molecule has 0 radical (unpaired) electrons. The zero-order chi connectivity index (χ0) is 13.5. The van der Waals surface area contributed by atoms with Gasteiger partial charge >= 0.3 is 0 Å². The predicted molar refractivity (Wildman–Crippen MR) is 80.8 cm³/mol. The minimum Gasteiger partial charge on any atom is -0.369 e. The molecular weight excluding hydrogens is 306 g/mol. The van der Waals surface area contributed by atoms with E-state index in [1.54, 1.807) is 6.20 Å². The second kappa shape index (κ2) is 7.06. The van der Waals surface area contributed by atoms with E-state index in [9.17, 15) is 0 Å². The molecule has 4 N–H and O–H groups in total. The van der Waals surface area contributed by atoms with Crippen LogP contribution < -0.4 is 16.6 Å². The Labute approximate surface area is 120 Å². The summed E-state index contributed by atoms with van der Waals surface area (Å²) in [6, 6.07) is 10.4. The van der Waals surface area contributed by atoms with Crippen LogP contribution in [-0.2, 0) is 6.42 Å². The SMILES string of the molecule is NNc1ncc(Br)c(NCCCc2ccccc2)n1. The molecule has 0 aliphatic rings. The quantitative estimate of drug-likeness (QED) is 0.433. The summed E-state index contributed by atoms with van der Waals surface area (Å²) in [5, 5.41) is 3.26. The lowest BCUT2D eigenvalue weighted by atomic mass is 10.1. The minimum atomic E-state index is 0.397. The van der Waals surface area contributed by atoms with Gasteiger partial charge in [0.1, 0.15) is 5.82 Å². The van der Waals surface area contributed by atoms with E-state index in [0.717, 1.165) is 29.7 Å². The molecule has 1 heterocycles. The second-order valence-electron chi connectivity index (χ2n) is 4.05. The Bertz CT molecular complexity index is 518. The molecule has 5 nitrogen and oxygen atoms in total. The lowest BCUT2D eigenvalue weighted by Crippen LogP contribution is -2.12. The number of hydrazine groups is 1. The lowest BCUT2D eigenvalue weighted by molar-refractivity contribution is 0.857. The van der Waals surface area contributed by atoms with Gasteiger partial charge in [-0.05, 0) is 34.3 Å². The summed E-state index contributed by atoms with van der Waals surface area (Å²) in [5.41, 5.74) is 3.77. The van der Waals surface area contributed by atoms with Gasteiger partial charge in [0, 0.05) is 12.7 Å². The Hall–Kier alpha value is -1.66. The maximum atomic E-state index is 5.28. The van der Waals surface area contributed by atoms with Crippen LogP contribution in [0.3, 0.4) is 0 Å². The third-order valence-electron chi connectivity index (χ3n) is 2.65. The number of nitrogens with one attached hydrogen (secondary N) is 2. The maximum Gasteiger partial charge on any atom is 0.239 e. The molecule has 0 aliphatic heterocycles. The van der Waals surface area contributed by atoms with E-state index in [-0.39, 0.29) is 0 Å². The number of hydrogen-bond acceptors (Lipinski definition) is 5. The number of nitrogens with zero attached hydrogens (tertiary/aromatic N) is 2. The fraction of sp³-hybridized carbons (Fsp3) is 0.231. The molecule has 0 spiro atoms. The Kier molecular flexibility index (Phi) is 5.11. The molecule has 0 unspecified atom stereocenters. The van der Waals surface area contributed by atoms with Crippen molar-refractivity contribution in [2.75, 3.05) is 17.3 Å². The highest BCUT2D eigenvalue weighted by molar-refractivity contribution is 9.10. The Balaban J connectivity index is 1.82. The molecule has 19 heavy (non-hydrogen) atoms. The van der Waals surface area contributed by atoms with Crippen LogP contribution in [0.1, 0.15) is 12.0 Å². The number of hydrogen-bond donors (Lipinski definition) is 3. The van der Waals surface area contributed by atoms with Crippen molar-refractivity contribution in [1.82, 2.24) is 9.97 Å². The molecule has 2 rings (SSSR count). The van der Waals surface area contributed by atoms with Gasteiger partial charge in [-0.3, -0.25) is 5.43 Å². The Morgan fingerprint density at radius 3 is 2.74 bits per heavy atom. The number of anilines is 2. The molecule has 6 heteroatoms. The van der Waals surface area contributed by atoms with E-state index in [4.69, 9.17) is 5.84 Å². The zero-order valence-electron chi connectivity index (χ0n) is 10.4. The first-order valence-electron chi connectivity index (χ1n) is 6.06. The van der Waals surface area contributed by atoms with E-state index in [0.29, 0.717) is 5.95 Å². The van der Waals surface area contributed by atoms with E-state index in [1.807, 2.05) is 6.07 Å². The zero-order valence-corrected chi connectivity index (χ0v) is 12.0. The van der Waals surface area contributed by atoms with E-state index < -0.39 is 0 Å². The van der Waals surface area contributed by atoms with Crippen LogP contribution in [0.15, 0.2) is 41.0 Å². The van der Waals surface area contributed by atoms with Crippen LogP contribution in [0, 0.1) is 0 Å². The summed E-state index contributed by atoms with van der Waals surface area (Å²) in [6.07, 6.45) is 3.74. The first-order valence-corrected chi connectivity index (χ1v) is 6.86. The van der Waals surface area contributed by atoms with Crippen molar-refractivity contribution in [2.45, 2.75) is 12.8 Å². The summed E-state index contributed by atoms with van der Waals surface area (Å²) < 4.78 is 0.825. The number of aryl methyl sites for hydroxylation is 1. The van der Waals surface area contributed by atoms with Crippen molar-refractivity contribution in [2.24, 2.45) is 5.84 Å². The number of benzene rings is 1. The molecule has 100 valence electrons. The summed E-state index contributed by atoms with van der Waals surface area (Å²) in [6.45, 7) is 0.842. The third-order valence-corrected chi connectivity index (χ3v) is 3.23. The van der Waals surface area contributed by atoms with Gasteiger partial charge < -0.3 is 5.32 Å². The highest BCUT2D eigenvalue weighted by Crippen LogP contribution is 2.19. The summed E-state index contributed by atoms with van der Waals surface area (Å²) in [4.78, 5) is 8.23. The monoisotopic (exact) mass is 321 g/mol. The molecule has 0 bridgehead atoms. The average Bonchev–Trinajstić information content (AvgIpc) is 2.46. The fourth-order valence-electron chi connectivity index (χ4n) is 1.70. The number of aromatic nitrogens is 2. The fourth-order valence-corrected chi connectivity index (χ4v) is 2.04. The van der Waals surface area contributed by atoms with Gasteiger partial charge in [0.2, 0.25) is 5.95 Å². The number of nitrogens with two attached hydrogens (primary N) is 1. The van der Waals surface area contributed by atoms with Gasteiger partial charge in [0.05, 0.1) is 4.47 Å². The summed E-state index contributed by atoms with van der Waals surface area (Å²) in [5.74, 6) is 6.42. The normalized spacial score (nSPS) is 10.2. The van der Waals surface area contributed by atoms with Gasteiger partial charge in [-0.15, -0.1) is 0 Å². The molecule has 0 amide bonds. The van der Waals surface area contributed by atoms with Crippen molar-refractivity contribution < 1.29 is 0 Å². The molecule has 0 atom stereocenters. The molecular formula is C13H16BrN5. The van der Waals surface area contributed by atoms with Crippen molar-refractivity contribution >= 4 is 27.7 Å². The molecule has 0 saturated carbocycles. The lowest BCUT2D eigenvalue weighted by Gasteiger charge is -2.08. The first-order chi connectivity index (χ1) is 9.29. The predicted octanol–water partition coefficient (Wildman–Crippen LogP) is 2.57. The van der Waals surface area contributed by atoms with Crippen molar-refractivity contribution in [3.05, 3.63) is 46.6 Å². The van der Waals surface area contributed by atoms with Gasteiger partial charge in [-0.25, -0.2) is 10.8 Å². The standard InChI is InChI=1S/C13H16BrN5/c14-11-9-17-13(19-15)18-12(11)16-8-4-7-10-5-2-1-3-6-10/h1-3,5-6,9H,4,7-8,15H2,(H2,16,17,18,19). The largest absolute Gasteiger partial charge is 0.369 e. The average molecular weight is 322 g/mol. The highest BCUT2D eigenvalue weighted by atomic mass is 79.9. The van der Waals surface area contributed by atoms with Crippen LogP contribution in [0.4, 0.5) is 11.8 Å². The molecule has 0 aliphatic carbocycles. The van der Waals surface area contributed by atoms with E-state index in [1.165, 1.54) is 5.56 Å². The van der Waals surface area contributed by atoms with Crippen LogP contribution in [0.25, 0.3) is 0 Å². The topological polar surface area (TPSA) is 75.9 Å². The smallest absolute Gasteiger partial charge is 0.239 e. The number of nitrogen functional groups attached to an aromatic ring is 1. The Morgan fingerprint density at radius 2 is 2.00 bits per heavy atom. The van der Waals surface area contributed by atoms with Crippen LogP contribution in [0.5, 0.6) is 0 Å². The Morgan fingerprint density at radius 1 is 1.21 bits per heavy atom. The van der Waals surface area contributed by atoms with Crippen molar-refractivity contribution in [3.8, 4) is 0 Å². The van der Waals surface area contributed by atoms with Crippen LogP contribution in [0.2, 0.25) is 0 Å². The third kappa shape index (κ3) is 4.18. The number of rotatable bonds is 6. The van der Waals surface area contributed by atoms with Crippen LogP contribution >= 0.6 is 15.9 Å². The minimum absolute atomic E-state index is 0.397. The maximum absolute atomic E-state index is 5.28. The molecule has 2 aromatic rings. The molecule has 1 aromatic carbocycles. The molecule has 0 fully saturated rings. The highest BCUT2D eigenvalue weighted by Gasteiger charge is 2.03. The second-order valence-corrected chi connectivity index (χ2v) is 4.90. The first kappa shape index (κ1) is 13.8. The van der Waals surface area contributed by atoms with Gasteiger partial charge in [-0.2, -0.15) is 4.98 Å². The summed E-state index contributed by atoms with van der Waals surface area (Å²) in [7, 11) is 0. The van der Waals surface area contributed by atoms with Crippen molar-refractivity contribution in [1.29, 1.82) is 0 Å².